The van der Waals surface area contributed by atoms with E-state index in [1.165, 1.54) is 7.11 Å². The van der Waals surface area contributed by atoms with Gasteiger partial charge in [0.2, 0.25) is 0 Å². The highest BCUT2D eigenvalue weighted by Crippen LogP contribution is 2.31. The lowest BCUT2D eigenvalue weighted by atomic mass is 10.1. The van der Waals surface area contributed by atoms with Crippen molar-refractivity contribution in [2.75, 3.05) is 37.5 Å². The Hall–Kier alpha value is -3.40. The fraction of sp³-hybridized carbons (Fsp3) is 0.381. The van der Waals surface area contributed by atoms with E-state index in [1.54, 1.807) is 0 Å². The van der Waals surface area contributed by atoms with Crippen molar-refractivity contribution in [3.05, 3.63) is 46.8 Å². The highest BCUT2D eigenvalue weighted by Gasteiger charge is 2.30. The highest BCUT2D eigenvalue weighted by atomic mass is 19.1. The molecule has 2 heterocycles. The van der Waals surface area contributed by atoms with Crippen LogP contribution in [0.3, 0.4) is 0 Å². The topological polar surface area (TPSA) is 114 Å². The lowest BCUT2D eigenvalue weighted by Gasteiger charge is -2.20. The number of methoxy groups -OCH3 is 1. The molecule has 0 aliphatic carbocycles. The van der Waals surface area contributed by atoms with Crippen molar-refractivity contribution in [3.8, 4) is 0 Å². The number of pyridine rings is 1. The van der Waals surface area contributed by atoms with Crippen molar-refractivity contribution in [2.24, 2.45) is 0 Å². The minimum Gasteiger partial charge on any atom is -0.453 e. The number of benzene rings is 1. The van der Waals surface area contributed by atoms with Crippen LogP contribution in [0.2, 0.25) is 0 Å². The van der Waals surface area contributed by atoms with Crippen molar-refractivity contribution in [1.29, 1.82) is 0 Å². The smallest absolute Gasteiger partial charge is 0.407 e. The third-order valence-corrected chi connectivity index (χ3v) is 4.72. The number of halogens is 1. The van der Waals surface area contributed by atoms with Crippen LogP contribution in [0, 0.1) is 12.7 Å². The number of hydrogen-bond donors (Lipinski definition) is 4. The molecular weight excluding hydrogens is 405 g/mol. The van der Waals surface area contributed by atoms with E-state index in [-0.39, 0.29) is 48.4 Å². The predicted octanol–water partition coefficient (Wildman–Crippen LogP) is 2.69. The molecule has 1 atom stereocenters. The normalized spacial score (nSPS) is 13.2. The maximum Gasteiger partial charge on any atom is 0.407 e. The third-order valence-electron chi connectivity index (χ3n) is 4.72. The molecule has 0 saturated heterocycles. The molecule has 1 aromatic heterocycles. The Morgan fingerprint density at radius 3 is 2.87 bits per heavy atom. The number of hydrogen-bond acceptors (Lipinski definition) is 7. The summed E-state index contributed by atoms with van der Waals surface area (Å²) < 4.78 is 25.1. The molecular formula is C21H26FN5O4. The minimum atomic E-state index is -0.620. The Bertz CT molecular complexity index is 969. The van der Waals surface area contributed by atoms with Gasteiger partial charge in [-0.15, -0.1) is 0 Å². The van der Waals surface area contributed by atoms with Crippen LogP contribution in [0.1, 0.15) is 28.4 Å². The summed E-state index contributed by atoms with van der Waals surface area (Å²) in [5.41, 5.74) is 2.18. The molecule has 3 rings (SSSR count). The number of nitrogens with one attached hydrogen (secondary N) is 4. The average molecular weight is 431 g/mol. The molecule has 0 bridgehead atoms. The molecule has 0 unspecified atom stereocenters. The Kier molecular flexibility index (Phi) is 7.24. The van der Waals surface area contributed by atoms with Gasteiger partial charge in [0.1, 0.15) is 5.82 Å². The molecule has 9 nitrogen and oxygen atoms in total. The average Bonchev–Trinajstić information content (AvgIpc) is 3.14. The monoisotopic (exact) mass is 431 g/mol. The SMILES string of the molecule is CCOC[C@@H](CNc1nc(Nc2cccc(C)c2)c2c(c1F)CNC2=O)NC(=O)OC. The molecule has 1 aromatic carbocycles. The number of ether oxygens (including phenoxy) is 2. The summed E-state index contributed by atoms with van der Waals surface area (Å²) in [4.78, 5) is 28.2. The summed E-state index contributed by atoms with van der Waals surface area (Å²) in [7, 11) is 1.26. The van der Waals surface area contributed by atoms with Crippen LogP contribution in [-0.4, -0.2) is 49.9 Å². The lowest BCUT2D eigenvalue weighted by molar-refractivity contribution is 0.0966. The summed E-state index contributed by atoms with van der Waals surface area (Å²) in [6, 6.07) is 7.07. The van der Waals surface area contributed by atoms with E-state index in [1.807, 2.05) is 38.1 Å². The van der Waals surface area contributed by atoms with Gasteiger partial charge >= 0.3 is 6.09 Å². The van der Waals surface area contributed by atoms with Gasteiger partial charge in [0.15, 0.2) is 11.6 Å². The molecule has 166 valence electrons. The van der Waals surface area contributed by atoms with Gasteiger partial charge in [0.05, 0.1) is 25.3 Å². The van der Waals surface area contributed by atoms with Crippen LogP contribution in [-0.2, 0) is 16.0 Å². The first-order valence-corrected chi connectivity index (χ1v) is 9.93. The molecule has 0 saturated carbocycles. The zero-order valence-electron chi connectivity index (χ0n) is 17.7. The summed E-state index contributed by atoms with van der Waals surface area (Å²) in [6.07, 6.45) is -0.620. The van der Waals surface area contributed by atoms with Gasteiger partial charge in [-0.1, -0.05) is 12.1 Å². The summed E-state index contributed by atoms with van der Waals surface area (Å²) in [6.45, 7) is 4.66. The van der Waals surface area contributed by atoms with Crippen molar-refractivity contribution in [1.82, 2.24) is 15.6 Å². The first kappa shape index (κ1) is 22.3. The number of amides is 2. The van der Waals surface area contributed by atoms with Crippen LogP contribution in [0.5, 0.6) is 0 Å². The third kappa shape index (κ3) is 5.40. The molecule has 1 aliphatic heterocycles. The fourth-order valence-corrected chi connectivity index (χ4v) is 3.20. The standard InChI is InChI=1S/C21H26FN5O4/c1-4-31-11-14(26-21(29)30-3)9-23-19-17(22)15-10-24-20(28)16(15)18(27-19)25-13-7-5-6-12(2)8-13/h5-8,14H,4,9-11H2,1-3H3,(H,24,28)(H,26,29)(H2,23,25,27)/t14-/m1/s1. The van der Waals surface area contributed by atoms with E-state index in [0.717, 1.165) is 11.3 Å². The van der Waals surface area contributed by atoms with Crippen LogP contribution in [0.4, 0.5) is 26.5 Å². The number of alkyl carbamates (subject to hydrolysis) is 1. The lowest BCUT2D eigenvalue weighted by Crippen LogP contribution is -2.43. The molecule has 2 aromatic rings. The summed E-state index contributed by atoms with van der Waals surface area (Å²) in [5.74, 6) is -0.776. The molecule has 0 spiro atoms. The molecule has 0 radical (unpaired) electrons. The summed E-state index contributed by atoms with van der Waals surface area (Å²) >= 11 is 0. The van der Waals surface area contributed by atoms with Gasteiger partial charge in [-0.25, -0.2) is 14.2 Å². The second kappa shape index (κ2) is 10.1. The van der Waals surface area contributed by atoms with Crippen molar-refractivity contribution in [2.45, 2.75) is 26.4 Å². The van der Waals surface area contributed by atoms with E-state index >= 15 is 4.39 Å². The first-order valence-electron chi connectivity index (χ1n) is 9.93. The number of rotatable bonds is 9. The number of carbonyl (C=O) groups excluding carboxylic acids is 2. The van der Waals surface area contributed by atoms with Gasteiger partial charge in [0.25, 0.3) is 5.91 Å². The summed E-state index contributed by atoms with van der Waals surface area (Å²) in [5, 5.41) is 11.3. The van der Waals surface area contributed by atoms with Crippen LogP contribution in [0.25, 0.3) is 0 Å². The minimum absolute atomic E-state index is 0.0291. The molecule has 2 amide bonds. The van der Waals surface area contributed by atoms with E-state index in [2.05, 4.69) is 31.0 Å². The first-order chi connectivity index (χ1) is 14.9. The van der Waals surface area contributed by atoms with Crippen LogP contribution < -0.4 is 21.3 Å². The Balaban J connectivity index is 1.86. The van der Waals surface area contributed by atoms with Gasteiger partial charge < -0.3 is 30.7 Å². The second-order valence-electron chi connectivity index (χ2n) is 7.03. The van der Waals surface area contributed by atoms with Gasteiger partial charge in [-0.3, -0.25) is 4.79 Å². The quantitative estimate of drug-likeness (QED) is 0.483. The van der Waals surface area contributed by atoms with Crippen LogP contribution in [0.15, 0.2) is 24.3 Å². The second-order valence-corrected chi connectivity index (χ2v) is 7.03. The fourth-order valence-electron chi connectivity index (χ4n) is 3.20. The number of fused-ring (bicyclic) bond motifs is 1. The number of carbonyl (C=O) groups is 2. The molecule has 1 aliphatic rings. The Labute approximate surface area is 179 Å². The zero-order chi connectivity index (χ0) is 22.4. The zero-order valence-corrected chi connectivity index (χ0v) is 17.7. The molecule has 10 heteroatoms. The van der Waals surface area contributed by atoms with Gasteiger partial charge in [0, 0.05) is 30.9 Å². The molecule has 4 N–H and O–H groups in total. The van der Waals surface area contributed by atoms with Gasteiger partial charge in [-0.2, -0.15) is 0 Å². The number of nitrogens with zero attached hydrogens (tertiary/aromatic N) is 1. The van der Waals surface area contributed by atoms with Gasteiger partial charge in [-0.05, 0) is 31.5 Å². The maximum absolute atomic E-state index is 15.1. The van der Waals surface area contributed by atoms with E-state index in [0.29, 0.717) is 6.61 Å². The number of anilines is 3. The van der Waals surface area contributed by atoms with E-state index in [4.69, 9.17) is 4.74 Å². The highest BCUT2D eigenvalue weighted by molar-refractivity contribution is 6.03. The number of aryl methyl sites for hydroxylation is 1. The van der Waals surface area contributed by atoms with Crippen LogP contribution >= 0.6 is 0 Å². The largest absolute Gasteiger partial charge is 0.453 e. The van der Waals surface area contributed by atoms with E-state index < -0.39 is 18.0 Å². The van der Waals surface area contributed by atoms with Crippen molar-refractivity contribution in [3.63, 3.8) is 0 Å². The maximum atomic E-state index is 15.1. The van der Waals surface area contributed by atoms with Crippen molar-refractivity contribution >= 4 is 29.3 Å². The molecule has 0 fully saturated rings. The number of aromatic nitrogens is 1. The Morgan fingerprint density at radius 1 is 1.35 bits per heavy atom. The molecule has 31 heavy (non-hydrogen) atoms. The predicted molar refractivity (Wildman–Crippen MR) is 114 cm³/mol. The van der Waals surface area contributed by atoms with E-state index in [9.17, 15) is 9.59 Å². The van der Waals surface area contributed by atoms with Crippen molar-refractivity contribution < 1.29 is 23.5 Å². The Morgan fingerprint density at radius 2 is 2.16 bits per heavy atom.